The van der Waals surface area contributed by atoms with Gasteiger partial charge in [0.05, 0.1) is 24.2 Å². The van der Waals surface area contributed by atoms with E-state index in [2.05, 4.69) is 55.4 Å². The summed E-state index contributed by atoms with van der Waals surface area (Å²) in [6, 6.07) is 0. The Balaban J connectivity index is 5.17. The smallest absolute Gasteiger partial charge is 0.0910 e. The second-order valence-corrected chi connectivity index (χ2v) is 5.94. The van der Waals surface area contributed by atoms with Crippen LogP contribution in [0.2, 0.25) is 0 Å². The van der Waals surface area contributed by atoms with Crippen molar-refractivity contribution in [2.24, 2.45) is 0 Å². The molecule has 1 heteroatoms. The van der Waals surface area contributed by atoms with Gasteiger partial charge in [0.25, 0.3) is 0 Å². The predicted octanol–water partition coefficient (Wildman–Crippen LogP) is 3.44. The molecule has 0 saturated heterocycles. The molecular weight excluding hydrogens is 158 g/mol. The van der Waals surface area contributed by atoms with E-state index >= 15 is 0 Å². The first-order chi connectivity index (χ1) is 5.62. The largest absolute Gasteiger partial charge is 0.316 e. The van der Waals surface area contributed by atoms with Crippen molar-refractivity contribution < 1.29 is 4.48 Å². The number of nitrogens with zero attached hydrogens (tertiary/aromatic N) is 1. The van der Waals surface area contributed by atoms with Gasteiger partial charge in [-0.05, 0) is 55.4 Å². The Morgan fingerprint density at radius 2 is 0.923 bits per heavy atom. The molecule has 0 aromatic carbocycles. The quantitative estimate of drug-likeness (QED) is 0.580. The van der Waals surface area contributed by atoms with Gasteiger partial charge in [0.15, 0.2) is 0 Å². The molecule has 0 heterocycles. The normalized spacial score (nSPS) is 14.8. The topological polar surface area (TPSA) is 0 Å². The highest BCUT2D eigenvalue weighted by molar-refractivity contribution is 4.73. The molecule has 13 heavy (non-hydrogen) atoms. The van der Waals surface area contributed by atoms with E-state index < -0.39 is 0 Å². The zero-order chi connectivity index (χ0) is 10.9. The van der Waals surface area contributed by atoms with Crippen molar-refractivity contribution in [1.82, 2.24) is 0 Å². The van der Waals surface area contributed by atoms with E-state index in [1.807, 2.05) is 0 Å². The van der Waals surface area contributed by atoms with Crippen LogP contribution in [0.1, 0.15) is 55.4 Å². The number of rotatable bonds is 2. The fourth-order valence-electron chi connectivity index (χ4n) is 3.13. The van der Waals surface area contributed by atoms with Crippen LogP contribution in [-0.2, 0) is 0 Å². The van der Waals surface area contributed by atoms with E-state index in [9.17, 15) is 0 Å². The summed E-state index contributed by atoms with van der Waals surface area (Å²) in [5.74, 6) is 0. The molecule has 0 aromatic heterocycles. The fourth-order valence-corrected chi connectivity index (χ4v) is 3.13. The van der Waals surface area contributed by atoms with E-state index in [0.29, 0.717) is 11.1 Å². The van der Waals surface area contributed by atoms with Gasteiger partial charge in [-0.2, -0.15) is 0 Å². The Hall–Kier alpha value is -0.0400. The lowest BCUT2D eigenvalue weighted by Gasteiger charge is -2.56. The Kier molecular flexibility index (Phi) is 3.59. The standard InChI is InChI=1S/C12H28N/c1-9-13(10-2,11(3,4)5)12(6,7)8/h9-10H2,1-8H3/q+1. The van der Waals surface area contributed by atoms with Gasteiger partial charge in [-0.3, -0.25) is 0 Å². The van der Waals surface area contributed by atoms with Gasteiger partial charge in [-0.25, -0.2) is 0 Å². The van der Waals surface area contributed by atoms with Gasteiger partial charge < -0.3 is 4.48 Å². The van der Waals surface area contributed by atoms with Gasteiger partial charge in [-0.1, -0.05) is 0 Å². The van der Waals surface area contributed by atoms with E-state index in [-0.39, 0.29) is 0 Å². The average Bonchev–Trinajstić information content (AvgIpc) is 1.84. The molecule has 0 aliphatic rings. The molecular formula is C12H28N+. The second-order valence-electron chi connectivity index (χ2n) is 5.94. The van der Waals surface area contributed by atoms with Crippen molar-refractivity contribution >= 4 is 0 Å². The summed E-state index contributed by atoms with van der Waals surface area (Å²) in [6.07, 6.45) is 0. The van der Waals surface area contributed by atoms with Crippen molar-refractivity contribution in [3.63, 3.8) is 0 Å². The molecule has 0 spiro atoms. The molecule has 1 nitrogen and oxygen atoms in total. The van der Waals surface area contributed by atoms with Crippen molar-refractivity contribution in [2.45, 2.75) is 66.5 Å². The maximum atomic E-state index is 2.35. The van der Waals surface area contributed by atoms with Crippen LogP contribution in [0.15, 0.2) is 0 Å². The molecule has 0 N–H and O–H groups in total. The van der Waals surface area contributed by atoms with Gasteiger partial charge in [0.1, 0.15) is 0 Å². The average molecular weight is 186 g/mol. The Labute approximate surface area is 84.7 Å². The Morgan fingerprint density at radius 1 is 0.692 bits per heavy atom. The molecule has 0 radical (unpaired) electrons. The minimum absolute atomic E-state index is 0.335. The highest BCUT2D eigenvalue weighted by atomic mass is 15.4. The van der Waals surface area contributed by atoms with Crippen LogP contribution in [0.3, 0.4) is 0 Å². The van der Waals surface area contributed by atoms with Crippen molar-refractivity contribution in [1.29, 1.82) is 0 Å². The maximum absolute atomic E-state index is 2.35. The van der Waals surface area contributed by atoms with Crippen molar-refractivity contribution in [3.8, 4) is 0 Å². The van der Waals surface area contributed by atoms with Crippen LogP contribution in [0.25, 0.3) is 0 Å². The van der Waals surface area contributed by atoms with Gasteiger partial charge >= 0.3 is 0 Å². The minimum atomic E-state index is 0.335. The first-order valence-corrected chi connectivity index (χ1v) is 5.49. The SMILES string of the molecule is CC[N+](CC)(C(C)(C)C)C(C)(C)C. The van der Waals surface area contributed by atoms with Gasteiger partial charge in [0.2, 0.25) is 0 Å². The van der Waals surface area contributed by atoms with Crippen LogP contribution in [0.5, 0.6) is 0 Å². The lowest BCUT2D eigenvalue weighted by molar-refractivity contribution is -1.01. The highest BCUT2D eigenvalue weighted by Crippen LogP contribution is 2.34. The number of hydrogen-bond acceptors (Lipinski definition) is 0. The van der Waals surface area contributed by atoms with Crippen molar-refractivity contribution in [3.05, 3.63) is 0 Å². The summed E-state index contributed by atoms with van der Waals surface area (Å²) in [5.41, 5.74) is 0.670. The first kappa shape index (κ1) is 13.0. The summed E-state index contributed by atoms with van der Waals surface area (Å²) in [4.78, 5) is 0. The lowest BCUT2D eigenvalue weighted by Crippen LogP contribution is -2.68. The lowest BCUT2D eigenvalue weighted by atomic mass is 9.90. The molecule has 80 valence electrons. The minimum Gasteiger partial charge on any atom is -0.316 e. The van der Waals surface area contributed by atoms with Gasteiger partial charge in [-0.15, -0.1) is 0 Å². The molecule has 0 unspecified atom stereocenters. The van der Waals surface area contributed by atoms with E-state index in [1.165, 1.54) is 17.6 Å². The molecule has 0 aliphatic heterocycles. The Morgan fingerprint density at radius 3 is 0.923 bits per heavy atom. The summed E-state index contributed by atoms with van der Waals surface area (Å²) in [7, 11) is 0. The summed E-state index contributed by atoms with van der Waals surface area (Å²) < 4.78 is 1.18. The summed E-state index contributed by atoms with van der Waals surface area (Å²) in [5, 5.41) is 0. The van der Waals surface area contributed by atoms with Crippen LogP contribution in [0.4, 0.5) is 0 Å². The molecule has 0 rings (SSSR count). The maximum Gasteiger partial charge on any atom is 0.0910 e. The third-order valence-corrected chi connectivity index (χ3v) is 3.65. The van der Waals surface area contributed by atoms with Gasteiger partial charge in [0, 0.05) is 0 Å². The molecule has 0 saturated carbocycles. The molecule has 0 amide bonds. The summed E-state index contributed by atoms with van der Waals surface area (Å²) in [6.45, 7) is 21.1. The first-order valence-electron chi connectivity index (χ1n) is 5.49. The molecule has 0 atom stereocenters. The Bertz CT molecular complexity index is 137. The molecule has 0 fully saturated rings. The van der Waals surface area contributed by atoms with E-state index in [4.69, 9.17) is 0 Å². The zero-order valence-electron chi connectivity index (χ0n) is 10.9. The van der Waals surface area contributed by atoms with Crippen LogP contribution in [0, 0.1) is 0 Å². The van der Waals surface area contributed by atoms with Crippen molar-refractivity contribution in [2.75, 3.05) is 13.1 Å². The van der Waals surface area contributed by atoms with Crippen LogP contribution >= 0.6 is 0 Å². The second kappa shape index (κ2) is 3.61. The molecule has 0 aromatic rings. The van der Waals surface area contributed by atoms with E-state index in [1.54, 1.807) is 0 Å². The third kappa shape index (κ3) is 2.07. The molecule has 0 bridgehead atoms. The fraction of sp³-hybridized carbons (Fsp3) is 1.00. The monoisotopic (exact) mass is 186 g/mol. The highest BCUT2D eigenvalue weighted by Gasteiger charge is 2.46. The predicted molar refractivity (Wildman–Crippen MR) is 60.8 cm³/mol. The number of quaternary nitrogens is 1. The van der Waals surface area contributed by atoms with Crippen LogP contribution < -0.4 is 0 Å². The zero-order valence-corrected chi connectivity index (χ0v) is 10.9. The third-order valence-electron chi connectivity index (χ3n) is 3.65. The summed E-state index contributed by atoms with van der Waals surface area (Å²) >= 11 is 0. The number of hydrogen-bond donors (Lipinski definition) is 0. The van der Waals surface area contributed by atoms with E-state index in [0.717, 1.165) is 0 Å². The van der Waals surface area contributed by atoms with Crippen LogP contribution in [-0.4, -0.2) is 28.7 Å². The molecule has 0 aliphatic carbocycles.